The lowest BCUT2D eigenvalue weighted by Crippen LogP contribution is -2.71. The molecular weight excluding hydrogens is 427 g/mol. The highest BCUT2D eigenvalue weighted by atomic mass is 127. The van der Waals surface area contributed by atoms with E-state index in [1.54, 1.807) is 0 Å². The van der Waals surface area contributed by atoms with Crippen LogP contribution in [0, 0.1) is 11.3 Å². The third-order valence-electron chi connectivity index (χ3n) is 5.74. The van der Waals surface area contributed by atoms with E-state index in [2.05, 4.69) is 68.0 Å². The summed E-state index contributed by atoms with van der Waals surface area (Å²) in [6.07, 6.45) is 4.91. The van der Waals surface area contributed by atoms with Gasteiger partial charge >= 0.3 is 0 Å². The molecule has 2 aliphatic rings. The first kappa shape index (κ1) is 20.6. The van der Waals surface area contributed by atoms with E-state index in [0.29, 0.717) is 18.1 Å². The topological polar surface area (TPSA) is 41.8 Å². The molecule has 3 atom stereocenters. The molecule has 1 aromatic rings. The number of fused-ring (bicyclic) bond motifs is 1. The molecule has 2 heterocycles. The summed E-state index contributed by atoms with van der Waals surface area (Å²) in [5.41, 5.74) is 1.45. The average Bonchev–Trinajstić information content (AvgIpc) is 2.96. The van der Waals surface area contributed by atoms with Gasteiger partial charge in [-0.05, 0) is 31.9 Å². The molecule has 3 unspecified atom stereocenters. The molecule has 0 radical (unpaired) electrons. The Bertz CT molecular complexity index is 598. The molecule has 142 valence electrons. The predicted octanol–water partition coefficient (Wildman–Crippen LogP) is 3.24. The van der Waals surface area contributed by atoms with E-state index in [1.807, 2.05) is 0 Å². The standard InChI is InChI=1S/C19H32N4O.HI/c1-6-20-18(23(5)13-14-9-7-11-22(14)4)21-16-15-10-8-12-24-17(15)19(16,2)3;/h7,9,11,15-17H,6,8,10,12-13H2,1-5H3,(H,20,21);1H. The van der Waals surface area contributed by atoms with Gasteiger partial charge in [0.05, 0.1) is 12.6 Å². The molecule has 0 bridgehead atoms. The molecule has 5 nitrogen and oxygen atoms in total. The Hall–Kier alpha value is -0.760. The van der Waals surface area contributed by atoms with Crippen LogP contribution in [0.15, 0.2) is 23.3 Å². The van der Waals surface area contributed by atoms with Crippen molar-refractivity contribution in [1.29, 1.82) is 0 Å². The number of aryl methyl sites for hydroxylation is 1. The molecular formula is C19H33IN4O. The van der Waals surface area contributed by atoms with Crippen molar-refractivity contribution < 1.29 is 4.74 Å². The highest BCUT2D eigenvalue weighted by Crippen LogP contribution is 2.51. The van der Waals surface area contributed by atoms with Crippen molar-refractivity contribution in [2.75, 3.05) is 20.2 Å². The van der Waals surface area contributed by atoms with E-state index in [0.717, 1.165) is 25.7 Å². The Labute approximate surface area is 169 Å². The minimum Gasteiger partial charge on any atom is -0.377 e. The third-order valence-corrected chi connectivity index (χ3v) is 5.74. The minimum absolute atomic E-state index is 0. The Morgan fingerprint density at radius 3 is 2.88 bits per heavy atom. The number of ether oxygens (including phenoxy) is 1. The summed E-state index contributed by atoms with van der Waals surface area (Å²) in [5.74, 6) is 1.61. The maximum absolute atomic E-state index is 6.03. The molecule has 1 aromatic heterocycles. The fraction of sp³-hybridized carbons (Fsp3) is 0.737. The van der Waals surface area contributed by atoms with Crippen LogP contribution < -0.4 is 5.32 Å². The SMILES string of the molecule is CCN=C(NC1C2CCCOC2C1(C)C)N(C)Cc1cccn1C.I. The molecule has 25 heavy (non-hydrogen) atoms. The summed E-state index contributed by atoms with van der Waals surface area (Å²) in [4.78, 5) is 6.97. The van der Waals surface area contributed by atoms with Gasteiger partial charge in [0.1, 0.15) is 0 Å². The maximum atomic E-state index is 6.03. The molecule has 0 aromatic carbocycles. The third kappa shape index (κ3) is 3.99. The number of nitrogens with one attached hydrogen (secondary N) is 1. The number of aliphatic imine (C=N–C) groups is 1. The Morgan fingerprint density at radius 1 is 1.48 bits per heavy atom. The van der Waals surface area contributed by atoms with Crippen molar-refractivity contribution in [3.8, 4) is 0 Å². The largest absolute Gasteiger partial charge is 0.377 e. The smallest absolute Gasteiger partial charge is 0.194 e. The average molecular weight is 460 g/mol. The zero-order chi connectivity index (χ0) is 17.3. The lowest BCUT2D eigenvalue weighted by molar-refractivity contribution is -0.188. The van der Waals surface area contributed by atoms with Crippen molar-refractivity contribution >= 4 is 29.9 Å². The normalized spacial score (nSPS) is 27.7. The summed E-state index contributed by atoms with van der Waals surface area (Å²) >= 11 is 0. The van der Waals surface area contributed by atoms with Crippen LogP contribution in [0.5, 0.6) is 0 Å². The van der Waals surface area contributed by atoms with Gasteiger partial charge in [-0.3, -0.25) is 4.99 Å². The second-order valence-electron chi connectivity index (χ2n) is 7.81. The van der Waals surface area contributed by atoms with Crippen LogP contribution in [0.3, 0.4) is 0 Å². The first-order chi connectivity index (χ1) is 11.4. The zero-order valence-electron chi connectivity index (χ0n) is 16.2. The molecule has 1 aliphatic carbocycles. The van der Waals surface area contributed by atoms with Crippen LogP contribution in [-0.2, 0) is 18.3 Å². The summed E-state index contributed by atoms with van der Waals surface area (Å²) in [5, 5.41) is 3.76. The van der Waals surface area contributed by atoms with E-state index >= 15 is 0 Å². The van der Waals surface area contributed by atoms with Crippen LogP contribution in [0.2, 0.25) is 0 Å². The molecule has 1 saturated carbocycles. The van der Waals surface area contributed by atoms with Gasteiger partial charge in [0.15, 0.2) is 5.96 Å². The van der Waals surface area contributed by atoms with Gasteiger partial charge in [-0.2, -0.15) is 0 Å². The molecule has 1 saturated heterocycles. The van der Waals surface area contributed by atoms with Gasteiger partial charge in [0.25, 0.3) is 0 Å². The van der Waals surface area contributed by atoms with Gasteiger partial charge in [-0.25, -0.2) is 0 Å². The second-order valence-corrected chi connectivity index (χ2v) is 7.81. The minimum atomic E-state index is 0. The highest BCUT2D eigenvalue weighted by Gasteiger charge is 2.58. The molecule has 0 spiro atoms. The highest BCUT2D eigenvalue weighted by molar-refractivity contribution is 14.0. The molecule has 1 aliphatic heterocycles. The van der Waals surface area contributed by atoms with Crippen molar-refractivity contribution in [2.24, 2.45) is 23.4 Å². The van der Waals surface area contributed by atoms with Crippen LogP contribution in [0.1, 0.15) is 39.3 Å². The number of hydrogen-bond acceptors (Lipinski definition) is 2. The van der Waals surface area contributed by atoms with Gasteiger partial charge in [-0.15, -0.1) is 24.0 Å². The number of halogens is 1. The van der Waals surface area contributed by atoms with Crippen molar-refractivity contribution in [3.05, 3.63) is 24.0 Å². The number of hydrogen-bond donors (Lipinski definition) is 1. The monoisotopic (exact) mass is 460 g/mol. The predicted molar refractivity (Wildman–Crippen MR) is 113 cm³/mol. The lowest BCUT2D eigenvalue weighted by Gasteiger charge is -2.60. The first-order valence-electron chi connectivity index (χ1n) is 9.19. The molecule has 1 N–H and O–H groups in total. The van der Waals surface area contributed by atoms with Gasteiger partial charge in [-0.1, -0.05) is 13.8 Å². The summed E-state index contributed by atoms with van der Waals surface area (Å²) in [7, 11) is 4.21. The number of nitrogens with zero attached hydrogens (tertiary/aromatic N) is 3. The second kappa shape index (κ2) is 8.29. The lowest BCUT2D eigenvalue weighted by atomic mass is 9.55. The van der Waals surface area contributed by atoms with Crippen LogP contribution in [0.4, 0.5) is 0 Å². The van der Waals surface area contributed by atoms with Crippen LogP contribution >= 0.6 is 24.0 Å². The van der Waals surface area contributed by atoms with Crippen molar-refractivity contribution in [2.45, 2.75) is 52.3 Å². The molecule has 3 rings (SSSR count). The Kier molecular flexibility index (Phi) is 6.81. The van der Waals surface area contributed by atoms with E-state index in [9.17, 15) is 0 Å². The fourth-order valence-corrected chi connectivity index (χ4v) is 4.36. The molecule has 6 heteroatoms. The number of rotatable bonds is 4. The van der Waals surface area contributed by atoms with E-state index in [4.69, 9.17) is 9.73 Å². The first-order valence-corrected chi connectivity index (χ1v) is 9.19. The summed E-state index contributed by atoms with van der Waals surface area (Å²) < 4.78 is 8.19. The van der Waals surface area contributed by atoms with Crippen LogP contribution in [-0.4, -0.2) is 47.8 Å². The van der Waals surface area contributed by atoms with Crippen LogP contribution in [0.25, 0.3) is 0 Å². The molecule has 2 fully saturated rings. The van der Waals surface area contributed by atoms with E-state index in [-0.39, 0.29) is 29.4 Å². The summed E-state index contributed by atoms with van der Waals surface area (Å²) in [6.45, 7) is 9.29. The van der Waals surface area contributed by atoms with E-state index in [1.165, 1.54) is 18.5 Å². The summed E-state index contributed by atoms with van der Waals surface area (Å²) in [6, 6.07) is 4.69. The van der Waals surface area contributed by atoms with Gasteiger partial charge in [0, 0.05) is 56.5 Å². The maximum Gasteiger partial charge on any atom is 0.194 e. The fourth-order valence-electron chi connectivity index (χ4n) is 4.36. The number of aromatic nitrogens is 1. The molecule has 0 amide bonds. The van der Waals surface area contributed by atoms with Gasteiger partial charge in [0.2, 0.25) is 0 Å². The van der Waals surface area contributed by atoms with Gasteiger partial charge < -0.3 is 19.5 Å². The van der Waals surface area contributed by atoms with Crippen molar-refractivity contribution in [1.82, 2.24) is 14.8 Å². The van der Waals surface area contributed by atoms with Crippen molar-refractivity contribution in [3.63, 3.8) is 0 Å². The zero-order valence-corrected chi connectivity index (χ0v) is 18.5. The number of guanidine groups is 1. The quantitative estimate of drug-likeness (QED) is 0.426. The van der Waals surface area contributed by atoms with E-state index < -0.39 is 0 Å². The Morgan fingerprint density at radius 2 is 2.24 bits per heavy atom. The Balaban J connectivity index is 0.00000225.